The van der Waals surface area contributed by atoms with Crippen molar-refractivity contribution in [1.29, 1.82) is 0 Å². The van der Waals surface area contributed by atoms with E-state index in [0.29, 0.717) is 49.2 Å². The number of hydrogen-bond donors (Lipinski definition) is 3. The van der Waals surface area contributed by atoms with Gasteiger partial charge in [0.2, 0.25) is 25.2 Å². The molecule has 4 aromatic carbocycles. The van der Waals surface area contributed by atoms with E-state index in [1.54, 1.807) is 36.8 Å². The zero-order chi connectivity index (χ0) is 61.0. The van der Waals surface area contributed by atoms with Crippen LogP contribution in [-0.2, 0) is 64.0 Å². The molecule has 0 saturated heterocycles. The normalized spacial score (nSPS) is 10.2. The third-order valence-corrected chi connectivity index (χ3v) is 12.1. The van der Waals surface area contributed by atoms with Crippen molar-refractivity contribution in [2.75, 3.05) is 20.7 Å². The van der Waals surface area contributed by atoms with Crippen LogP contribution in [0, 0.1) is 0 Å². The van der Waals surface area contributed by atoms with Crippen molar-refractivity contribution in [3.8, 4) is 45.0 Å². The van der Waals surface area contributed by atoms with Gasteiger partial charge in [-0.15, -0.1) is 20.4 Å². The number of rotatable bonds is 23. The number of halogens is 2. The van der Waals surface area contributed by atoms with E-state index in [1.165, 1.54) is 0 Å². The van der Waals surface area contributed by atoms with Gasteiger partial charge in [0.25, 0.3) is 6.47 Å². The van der Waals surface area contributed by atoms with Crippen molar-refractivity contribution < 1.29 is 159 Å². The van der Waals surface area contributed by atoms with Crippen molar-refractivity contribution in [3.05, 3.63) is 142 Å². The van der Waals surface area contributed by atoms with Crippen LogP contribution in [0.3, 0.4) is 0 Å². The summed E-state index contributed by atoms with van der Waals surface area (Å²) in [5.41, 5.74) is 7.60. The molecule has 8 aromatic rings. The fourth-order valence-corrected chi connectivity index (χ4v) is 8.48. The van der Waals surface area contributed by atoms with Crippen LogP contribution < -0.4 is 93.9 Å². The molecule has 3 N–H and O–H groups in total. The summed E-state index contributed by atoms with van der Waals surface area (Å²) in [6, 6.07) is 31.4. The molecule has 0 bridgehead atoms. The molecule has 0 spiro atoms. The van der Waals surface area contributed by atoms with Gasteiger partial charge in [-0.05, 0) is 84.3 Å². The van der Waals surface area contributed by atoms with Gasteiger partial charge in [-0.3, -0.25) is 4.79 Å². The number of aliphatic hydroxyl groups excluding tert-OH is 1. The number of ether oxygens (including phenoxy) is 6. The molecular formula is C56H65Cl2N12Na3O14. The van der Waals surface area contributed by atoms with E-state index in [4.69, 9.17) is 66.8 Å². The van der Waals surface area contributed by atoms with E-state index < -0.39 is 37.8 Å². The number of tetrazole rings is 2. The number of esters is 2. The Morgan fingerprint density at radius 2 is 0.931 bits per heavy atom. The van der Waals surface area contributed by atoms with E-state index in [-0.39, 0.29) is 132 Å². The van der Waals surface area contributed by atoms with Gasteiger partial charge in [-0.2, -0.15) is 10.4 Å². The van der Waals surface area contributed by atoms with Crippen LogP contribution in [0.25, 0.3) is 45.0 Å². The quantitative estimate of drug-likeness (QED) is 0.0146. The predicted octanol–water partition coefficient (Wildman–Crippen LogP) is 0.181. The van der Waals surface area contributed by atoms with Crippen molar-refractivity contribution in [2.24, 2.45) is 0 Å². The first-order valence-corrected chi connectivity index (χ1v) is 26.9. The van der Waals surface area contributed by atoms with Crippen LogP contribution in [0.15, 0.2) is 97.1 Å². The summed E-state index contributed by atoms with van der Waals surface area (Å²) in [6.07, 6.45) is 2.34. The van der Waals surface area contributed by atoms with Gasteiger partial charge < -0.3 is 55.7 Å². The van der Waals surface area contributed by atoms with Gasteiger partial charge in [-0.25, -0.2) is 29.1 Å². The summed E-state index contributed by atoms with van der Waals surface area (Å²) >= 11 is 12.8. The Hall–Kier alpha value is -6.11. The van der Waals surface area contributed by atoms with E-state index in [9.17, 15) is 19.2 Å². The fraction of sp³-hybridized carbons (Fsp3) is 0.339. The van der Waals surface area contributed by atoms with Gasteiger partial charge in [-0.1, -0.05) is 147 Å². The van der Waals surface area contributed by atoms with Gasteiger partial charge in [0.1, 0.15) is 11.6 Å². The minimum Gasteiger partial charge on any atom is -1.00 e. The maximum absolute atomic E-state index is 12.9. The SMILES string of the molecule is CCCCc1nc(Cl)c(C(=O)OCOC(=O)OC(C)C)n1Cc1ccc(-c2ccccc2-c2nn[nH]n2)cc1.CCCCc1nc(Cl)c(C(=O)OCOC(=O)OC(C)C)n1Cc1ccc(-c2ccccc2-c2nn[nH]n2)cc1.CO.O=CO[O-].[H-].[H-].[Na+].[Na+].[Na+]. The van der Waals surface area contributed by atoms with Crippen molar-refractivity contribution in [2.45, 2.75) is 105 Å². The largest absolute Gasteiger partial charge is 1.00 e. The first-order valence-electron chi connectivity index (χ1n) is 26.2. The van der Waals surface area contributed by atoms with E-state index in [1.807, 2.05) is 97.1 Å². The van der Waals surface area contributed by atoms with Crippen molar-refractivity contribution in [1.82, 2.24) is 60.4 Å². The second kappa shape index (κ2) is 41.2. The van der Waals surface area contributed by atoms with Gasteiger partial charge in [0.05, 0.1) is 12.2 Å². The number of benzene rings is 4. The number of aryl methyl sites for hydroxylation is 2. The number of nitrogens with zero attached hydrogens (tertiary/aromatic N) is 10. The summed E-state index contributed by atoms with van der Waals surface area (Å²) in [5, 5.41) is 44.2. The topological polar surface area (TPSA) is 338 Å². The molecule has 0 saturated carbocycles. The van der Waals surface area contributed by atoms with Gasteiger partial charge >= 0.3 is 113 Å². The second-order valence-electron chi connectivity index (χ2n) is 18.1. The molecule has 8 rings (SSSR count). The molecule has 0 aliphatic carbocycles. The first kappa shape index (κ1) is 77.0. The maximum atomic E-state index is 12.9. The number of imidazole rings is 2. The number of aliphatic hydroxyl groups is 1. The molecule has 0 fully saturated rings. The average molecular weight is 1270 g/mol. The number of carbonyl (C=O) groups is 5. The Morgan fingerprint density at radius 3 is 1.23 bits per heavy atom. The number of H-pyrrole nitrogens is 2. The van der Waals surface area contributed by atoms with Gasteiger partial charge in [0, 0.05) is 44.2 Å². The number of unbranched alkanes of at least 4 members (excludes halogenated alkanes) is 2. The molecule has 0 aliphatic heterocycles. The minimum atomic E-state index is -0.929. The zero-order valence-electron chi connectivity index (χ0n) is 52.0. The number of carbonyl (C=O) groups excluding carboxylic acids is 5. The monoisotopic (exact) mass is 1270 g/mol. The molecule has 0 aliphatic rings. The molecule has 4 aromatic heterocycles. The Morgan fingerprint density at radius 1 is 0.586 bits per heavy atom. The van der Waals surface area contributed by atoms with E-state index in [2.05, 4.69) is 70.0 Å². The zero-order valence-corrected chi connectivity index (χ0v) is 57.5. The predicted molar refractivity (Wildman–Crippen MR) is 303 cm³/mol. The third kappa shape index (κ3) is 23.7. The van der Waals surface area contributed by atoms with Crippen molar-refractivity contribution >= 4 is 53.9 Å². The maximum Gasteiger partial charge on any atom is 1.00 e. The summed E-state index contributed by atoms with van der Waals surface area (Å²) in [4.78, 5) is 69.2. The molecule has 0 radical (unpaired) electrons. The molecule has 4 heterocycles. The molecule has 0 unspecified atom stereocenters. The van der Waals surface area contributed by atoms with Crippen molar-refractivity contribution in [3.63, 3.8) is 0 Å². The molecule has 450 valence electrons. The number of aromatic nitrogens is 12. The minimum absolute atomic E-state index is 0. The van der Waals surface area contributed by atoms with Crippen LogP contribution in [0.2, 0.25) is 10.3 Å². The second-order valence-corrected chi connectivity index (χ2v) is 18.8. The summed E-state index contributed by atoms with van der Waals surface area (Å²) < 4.78 is 33.2. The smallest absolute Gasteiger partial charge is 1.00 e. The fourth-order valence-electron chi connectivity index (χ4n) is 7.92. The van der Waals surface area contributed by atoms with E-state index in [0.717, 1.165) is 77.3 Å². The summed E-state index contributed by atoms with van der Waals surface area (Å²) in [6.45, 7) is 10.2. The molecule has 0 atom stereocenters. The van der Waals surface area contributed by atoms with Crippen LogP contribution in [0.1, 0.15) is 114 Å². The Labute approximate surface area is 580 Å². The van der Waals surface area contributed by atoms with Crippen LogP contribution >= 0.6 is 23.2 Å². The Kier molecular flexibility index (Phi) is 36.4. The Bertz CT molecular complexity index is 3140. The number of hydrogen-bond acceptors (Lipinski definition) is 22. The van der Waals surface area contributed by atoms with Crippen LogP contribution in [0.4, 0.5) is 9.59 Å². The number of nitrogens with one attached hydrogen (secondary N) is 2. The molecule has 0 amide bonds. The Balaban J connectivity index is 0.00000152. The molecule has 31 heteroatoms. The summed E-state index contributed by atoms with van der Waals surface area (Å²) in [5.74, 6) is 0.846. The number of aromatic amines is 2. The van der Waals surface area contributed by atoms with Crippen LogP contribution in [-0.4, -0.2) is 129 Å². The molecular weight excluding hydrogens is 1200 g/mol. The first-order chi connectivity index (χ1) is 40.6. The van der Waals surface area contributed by atoms with E-state index >= 15 is 0 Å². The molecule has 87 heavy (non-hydrogen) atoms. The third-order valence-electron chi connectivity index (χ3n) is 11.6. The standard InChI is InChI=1S/2C27H29ClN6O5.CH2O3.CH4O.3Na.2H/c2*1-4-5-10-22-29-24(28)23(26(35)37-16-38-27(36)39-17(2)3)34(22)15-18-11-13-19(14-12-18)20-8-6-7-9-21(20)25-30-32-33-31-25;2-1-4-3;1-2;;;;;/h2*6-9,11-14,17H,4-5,10,15-16H2,1-3H3,(H,30,31,32,33);1,3H;2H,1H3;;;;;/q;;;;3*+1;2*-1/p-1. The average Bonchev–Trinajstić information content (AvgIpc) is 1.86. The van der Waals surface area contributed by atoms with Crippen LogP contribution in [0.5, 0.6) is 0 Å². The summed E-state index contributed by atoms with van der Waals surface area (Å²) in [7, 11) is 1.00. The molecule has 26 nitrogen and oxygen atoms in total. The van der Waals surface area contributed by atoms with Gasteiger partial charge in [0.15, 0.2) is 21.7 Å².